The smallest absolute Gasteiger partial charge is 0.441 e. The number of hydrogen-bond acceptors (Lipinski definition) is 9. The van der Waals surface area contributed by atoms with Crippen LogP contribution in [0.4, 0.5) is 30.7 Å². The minimum atomic E-state index is -6.05. The van der Waals surface area contributed by atoms with E-state index in [2.05, 4.69) is 4.74 Å². The standard InChI is InChI=1S/C22H21F7N3O9P/c1-11(16(35)40-17(21(24,25)26)22(27,28)29)32(42(37)41-12-6-4-3-5-7-12)38-10-13-15(34)20(2,23)18(39-13)31-9-8-14(33)30-19(31)36/h3-9,11,13,15,17-18,34H,10H2,1-2H3/p+1/t11-,13+,15+,18+,20+/m0/s1. The van der Waals surface area contributed by atoms with Gasteiger partial charge in [-0.25, -0.2) is 13.7 Å². The molecule has 12 nitrogen and oxygen atoms in total. The first-order chi connectivity index (χ1) is 19.3. The zero-order valence-electron chi connectivity index (χ0n) is 21.3. The van der Waals surface area contributed by atoms with E-state index in [9.17, 15) is 50.4 Å². The van der Waals surface area contributed by atoms with E-state index in [4.69, 9.17) is 14.1 Å². The Kier molecular flexibility index (Phi) is 9.83. The molecule has 6 atom stereocenters. The topological polar surface area (TPSA) is 149 Å². The van der Waals surface area contributed by atoms with Crippen LogP contribution in [0.3, 0.4) is 0 Å². The Morgan fingerprint density at radius 1 is 1.17 bits per heavy atom. The number of carbonyl (C=O) groups excluding carboxylic acids is 1. The average Bonchev–Trinajstić information content (AvgIpc) is 3.09. The lowest BCUT2D eigenvalue weighted by Crippen LogP contribution is -2.49. The van der Waals surface area contributed by atoms with E-state index in [-0.39, 0.29) is 10.6 Å². The van der Waals surface area contributed by atoms with E-state index >= 15 is 4.39 Å². The van der Waals surface area contributed by atoms with Gasteiger partial charge in [-0.15, -0.1) is 0 Å². The molecule has 20 heteroatoms. The van der Waals surface area contributed by atoms with Crippen LogP contribution in [-0.4, -0.2) is 74.4 Å². The van der Waals surface area contributed by atoms with Crippen molar-refractivity contribution in [1.29, 1.82) is 0 Å². The Morgan fingerprint density at radius 3 is 2.31 bits per heavy atom. The van der Waals surface area contributed by atoms with Gasteiger partial charge >= 0.3 is 32.2 Å². The van der Waals surface area contributed by atoms with Crippen LogP contribution in [0, 0.1) is 0 Å². The molecule has 0 radical (unpaired) electrons. The van der Waals surface area contributed by atoms with Gasteiger partial charge in [0, 0.05) is 16.8 Å². The van der Waals surface area contributed by atoms with E-state index in [0.717, 1.165) is 19.2 Å². The monoisotopic (exact) mass is 636 g/mol. The number of halogens is 7. The first kappa shape index (κ1) is 33.1. The second kappa shape index (κ2) is 12.5. The van der Waals surface area contributed by atoms with E-state index in [1.807, 2.05) is 4.98 Å². The van der Waals surface area contributed by atoms with Gasteiger partial charge in [-0.1, -0.05) is 18.2 Å². The molecule has 232 valence electrons. The fourth-order valence-corrected chi connectivity index (χ4v) is 4.57. The molecule has 42 heavy (non-hydrogen) atoms. The Balaban J connectivity index is 1.85. The van der Waals surface area contributed by atoms with Crippen molar-refractivity contribution in [1.82, 2.24) is 14.4 Å². The number of H-pyrrole nitrogens is 1. The molecule has 3 rings (SSSR count). The van der Waals surface area contributed by atoms with E-state index in [0.29, 0.717) is 11.5 Å². The fraction of sp³-hybridized carbons (Fsp3) is 0.500. The first-order valence-electron chi connectivity index (χ1n) is 11.6. The molecule has 0 saturated carbocycles. The van der Waals surface area contributed by atoms with Crippen LogP contribution >= 0.6 is 8.18 Å². The van der Waals surface area contributed by atoms with E-state index in [1.165, 1.54) is 30.3 Å². The number of nitrogens with zero attached hydrogens (tertiary/aromatic N) is 2. The number of aromatic amines is 1. The minimum absolute atomic E-state index is 0.0552. The molecule has 0 bridgehead atoms. The number of nitrogens with one attached hydrogen (secondary N) is 1. The van der Waals surface area contributed by atoms with Gasteiger partial charge < -0.3 is 14.6 Å². The molecule has 1 aliphatic rings. The average molecular weight is 636 g/mol. The summed E-state index contributed by atoms with van der Waals surface area (Å²) in [6, 6.07) is 5.49. The highest BCUT2D eigenvalue weighted by atomic mass is 31.1. The number of esters is 1. The predicted molar refractivity (Wildman–Crippen MR) is 125 cm³/mol. The maximum Gasteiger partial charge on any atom is 0.693 e. The minimum Gasteiger partial charge on any atom is -0.441 e. The summed E-state index contributed by atoms with van der Waals surface area (Å²) < 4.78 is 121. The van der Waals surface area contributed by atoms with Gasteiger partial charge in [0.05, 0.1) is 4.83 Å². The van der Waals surface area contributed by atoms with E-state index in [1.54, 1.807) is 0 Å². The third-order valence-electron chi connectivity index (χ3n) is 5.78. The summed E-state index contributed by atoms with van der Waals surface area (Å²) in [6.07, 6.45) is -21.5. The van der Waals surface area contributed by atoms with Crippen molar-refractivity contribution < 1.29 is 64.0 Å². The van der Waals surface area contributed by atoms with Gasteiger partial charge in [0.2, 0.25) is 0 Å². The lowest BCUT2D eigenvalue weighted by Gasteiger charge is -2.25. The van der Waals surface area contributed by atoms with Crippen LogP contribution in [0.2, 0.25) is 0 Å². The number of aliphatic hydroxyl groups excluding tert-OH is 1. The van der Waals surface area contributed by atoms with Crippen molar-refractivity contribution in [3.63, 3.8) is 0 Å². The van der Waals surface area contributed by atoms with Crippen molar-refractivity contribution in [2.75, 3.05) is 6.61 Å². The summed E-state index contributed by atoms with van der Waals surface area (Å²) >= 11 is 0. The number of benzene rings is 1. The summed E-state index contributed by atoms with van der Waals surface area (Å²) in [5.41, 5.74) is -4.68. The van der Waals surface area contributed by atoms with Crippen LogP contribution in [-0.2, 0) is 23.7 Å². The van der Waals surface area contributed by atoms with Gasteiger partial charge in [-0.3, -0.25) is 24.0 Å². The molecule has 0 aliphatic carbocycles. The zero-order valence-corrected chi connectivity index (χ0v) is 22.2. The largest absolute Gasteiger partial charge is 0.693 e. The predicted octanol–water partition coefficient (Wildman–Crippen LogP) is 2.92. The molecule has 0 amide bonds. The molecule has 0 spiro atoms. The number of aromatic nitrogens is 2. The van der Waals surface area contributed by atoms with Crippen molar-refractivity contribution in [3.05, 3.63) is 63.4 Å². The highest BCUT2D eigenvalue weighted by Crippen LogP contribution is 2.42. The van der Waals surface area contributed by atoms with Gasteiger partial charge in [0.15, 0.2) is 23.7 Å². The lowest BCUT2D eigenvalue weighted by atomic mass is 9.98. The second-order valence-corrected chi connectivity index (χ2v) is 10.0. The summed E-state index contributed by atoms with van der Waals surface area (Å²) in [5.74, 6) is -2.31. The van der Waals surface area contributed by atoms with Crippen LogP contribution in [0.5, 0.6) is 5.75 Å². The highest BCUT2D eigenvalue weighted by molar-refractivity contribution is 7.36. The summed E-state index contributed by atoms with van der Waals surface area (Å²) in [5, 5.41) is 10.5. The molecule has 2 aromatic rings. The number of hydroxylamine groups is 1. The third kappa shape index (κ3) is 7.52. The third-order valence-corrected chi connectivity index (χ3v) is 6.93. The van der Waals surface area contributed by atoms with Crippen LogP contribution < -0.4 is 15.8 Å². The summed E-state index contributed by atoms with van der Waals surface area (Å²) in [7, 11) is -3.42. The second-order valence-electron chi connectivity index (χ2n) is 8.96. The molecular formula is C22H22F7N3O9P+. The Bertz CT molecular complexity index is 1370. The maximum absolute atomic E-state index is 15.4. The van der Waals surface area contributed by atoms with Crippen LogP contribution in [0.25, 0.3) is 0 Å². The Morgan fingerprint density at radius 2 is 1.76 bits per heavy atom. The summed E-state index contributed by atoms with van der Waals surface area (Å²) in [4.78, 5) is 42.9. The number of aliphatic hydroxyl groups is 1. The zero-order chi connectivity index (χ0) is 31.6. The van der Waals surface area contributed by atoms with Crippen molar-refractivity contribution in [3.8, 4) is 5.75 Å². The molecule has 1 aromatic heterocycles. The lowest BCUT2D eigenvalue weighted by molar-refractivity contribution is -0.315. The number of hydrogen-bond donors (Lipinski definition) is 2. The number of rotatable bonds is 10. The molecule has 1 saturated heterocycles. The quantitative estimate of drug-likeness (QED) is 0.173. The molecular weight excluding hydrogens is 614 g/mol. The molecule has 1 aliphatic heterocycles. The van der Waals surface area contributed by atoms with Gasteiger partial charge in [0.25, 0.3) is 11.7 Å². The van der Waals surface area contributed by atoms with Gasteiger partial charge in [-0.2, -0.15) is 26.3 Å². The van der Waals surface area contributed by atoms with Crippen LogP contribution in [0.1, 0.15) is 20.1 Å². The van der Waals surface area contributed by atoms with Crippen molar-refractivity contribution in [2.24, 2.45) is 0 Å². The molecule has 2 N–H and O–H groups in total. The Labute approximate surface area is 231 Å². The molecule has 1 fully saturated rings. The number of para-hydroxylation sites is 1. The van der Waals surface area contributed by atoms with Crippen LogP contribution in [0.15, 0.2) is 52.2 Å². The number of ether oxygens (including phenoxy) is 2. The SMILES string of the molecule is C[C@@H](C(=O)OC(C(F)(F)F)C(F)(F)F)N(OC[C@H]1O[C@@H](n2ccc(=O)[nH]c2=O)[C@](C)(F)[C@@H]1O)[P+](=O)Oc1ccccc1. The summed E-state index contributed by atoms with van der Waals surface area (Å²) in [6.45, 7) is 0.487. The maximum atomic E-state index is 15.4. The number of alkyl halides is 7. The number of carbonyl (C=O) groups is 1. The van der Waals surface area contributed by atoms with Crippen molar-refractivity contribution >= 4 is 14.1 Å². The molecule has 1 unspecified atom stereocenters. The van der Waals surface area contributed by atoms with Gasteiger partial charge in [0.1, 0.15) is 18.8 Å². The Hall–Kier alpha value is -3.38. The van der Waals surface area contributed by atoms with E-state index < -0.39 is 80.6 Å². The van der Waals surface area contributed by atoms with Gasteiger partial charge in [-0.05, 0) is 26.0 Å². The van der Waals surface area contributed by atoms with Crippen molar-refractivity contribution in [2.45, 2.75) is 62.5 Å². The normalized spacial score (nSPS) is 24.1. The highest BCUT2D eigenvalue weighted by Gasteiger charge is 2.61. The molecule has 1 aromatic carbocycles. The molecule has 2 heterocycles. The fourth-order valence-electron chi connectivity index (χ4n) is 3.65. The first-order valence-corrected chi connectivity index (χ1v) is 12.8.